The van der Waals surface area contributed by atoms with Crippen molar-refractivity contribution in [1.29, 1.82) is 0 Å². The lowest BCUT2D eigenvalue weighted by Gasteiger charge is -1.95. The Bertz CT molecular complexity index is 450. The maximum atomic E-state index is 9.08. The number of aryl methyl sites for hydroxylation is 1. The van der Waals surface area contributed by atoms with Crippen LogP contribution in [0.25, 0.3) is 10.9 Å². The van der Waals surface area contributed by atoms with Gasteiger partial charge in [-0.3, -0.25) is 4.68 Å². The van der Waals surface area contributed by atoms with Crippen molar-refractivity contribution < 1.29 is 5.11 Å². The highest BCUT2D eigenvalue weighted by Crippen LogP contribution is 2.21. The van der Waals surface area contributed by atoms with Gasteiger partial charge in [-0.25, -0.2) is 0 Å². The number of aliphatic hydroxyl groups excluding tert-OH is 1. The molecule has 0 saturated carbocycles. The lowest BCUT2D eigenvalue weighted by Crippen LogP contribution is -1.96. The van der Waals surface area contributed by atoms with Crippen LogP contribution in [0.3, 0.4) is 0 Å². The number of aromatic nitrogens is 2. The molecule has 0 unspecified atom stereocenters. The van der Waals surface area contributed by atoms with Crippen LogP contribution in [0, 0.1) is 0 Å². The average Bonchev–Trinajstić information content (AvgIpc) is 2.39. The van der Waals surface area contributed by atoms with E-state index in [0.717, 1.165) is 16.6 Å². The summed E-state index contributed by atoms with van der Waals surface area (Å²) in [7, 11) is 1.81. The van der Waals surface area contributed by atoms with E-state index in [1.165, 1.54) is 0 Å². The van der Waals surface area contributed by atoms with E-state index in [-0.39, 0.29) is 6.61 Å². The van der Waals surface area contributed by atoms with Crippen LogP contribution in [-0.4, -0.2) is 14.9 Å². The van der Waals surface area contributed by atoms with Crippen molar-refractivity contribution in [3.8, 4) is 0 Å². The third-order valence-electron chi connectivity index (χ3n) is 2.07. The highest BCUT2D eigenvalue weighted by atomic mass is 35.5. The van der Waals surface area contributed by atoms with Gasteiger partial charge in [0.15, 0.2) is 0 Å². The van der Waals surface area contributed by atoms with Gasteiger partial charge in [-0.2, -0.15) is 5.10 Å². The molecule has 1 aromatic heterocycles. The zero-order valence-electron chi connectivity index (χ0n) is 7.16. The van der Waals surface area contributed by atoms with Gasteiger partial charge in [-0.05, 0) is 18.2 Å². The summed E-state index contributed by atoms with van der Waals surface area (Å²) in [4.78, 5) is 0. The van der Waals surface area contributed by atoms with Crippen LogP contribution in [0.4, 0.5) is 0 Å². The van der Waals surface area contributed by atoms with Gasteiger partial charge in [-0.15, -0.1) is 0 Å². The maximum Gasteiger partial charge on any atom is 0.0941 e. The number of nitrogens with zero attached hydrogens (tertiary/aromatic N) is 2. The molecule has 0 aliphatic heterocycles. The number of halogens is 1. The largest absolute Gasteiger partial charge is 0.390 e. The van der Waals surface area contributed by atoms with Crippen LogP contribution in [0.1, 0.15) is 5.69 Å². The van der Waals surface area contributed by atoms with E-state index >= 15 is 0 Å². The second-order valence-corrected chi connectivity index (χ2v) is 3.33. The van der Waals surface area contributed by atoms with E-state index in [0.29, 0.717) is 5.02 Å². The molecule has 0 aliphatic carbocycles. The van der Waals surface area contributed by atoms with E-state index in [9.17, 15) is 0 Å². The Kier molecular flexibility index (Phi) is 1.98. The molecule has 0 saturated heterocycles. The molecule has 2 aromatic rings. The van der Waals surface area contributed by atoms with Gasteiger partial charge < -0.3 is 5.11 Å². The number of hydrogen-bond donors (Lipinski definition) is 1. The molecule has 0 aliphatic rings. The molecular formula is C9H9ClN2O. The molecule has 0 amide bonds. The Hall–Kier alpha value is -1.06. The molecule has 2 rings (SSSR count). The number of benzene rings is 1. The first-order valence-corrected chi connectivity index (χ1v) is 4.32. The second kappa shape index (κ2) is 3.01. The highest BCUT2D eigenvalue weighted by Gasteiger charge is 2.07. The summed E-state index contributed by atoms with van der Waals surface area (Å²) in [6.07, 6.45) is 0. The Morgan fingerprint density at radius 2 is 2.31 bits per heavy atom. The topological polar surface area (TPSA) is 38.0 Å². The molecule has 68 valence electrons. The summed E-state index contributed by atoms with van der Waals surface area (Å²) < 4.78 is 1.67. The third kappa shape index (κ3) is 1.30. The summed E-state index contributed by atoms with van der Waals surface area (Å²) in [6.45, 7) is -0.00533. The van der Waals surface area contributed by atoms with Crippen LogP contribution < -0.4 is 0 Å². The van der Waals surface area contributed by atoms with E-state index in [1.807, 2.05) is 6.07 Å². The van der Waals surface area contributed by atoms with Gasteiger partial charge in [0, 0.05) is 17.5 Å². The number of rotatable bonds is 1. The van der Waals surface area contributed by atoms with Crippen molar-refractivity contribution in [3.05, 3.63) is 28.9 Å². The van der Waals surface area contributed by atoms with Crippen molar-refractivity contribution in [2.24, 2.45) is 7.05 Å². The van der Waals surface area contributed by atoms with Gasteiger partial charge >= 0.3 is 0 Å². The van der Waals surface area contributed by atoms with Crippen molar-refractivity contribution in [2.45, 2.75) is 6.61 Å². The van der Waals surface area contributed by atoms with Gasteiger partial charge in [0.2, 0.25) is 0 Å². The molecule has 0 bridgehead atoms. The monoisotopic (exact) mass is 196 g/mol. The molecule has 13 heavy (non-hydrogen) atoms. The summed E-state index contributed by atoms with van der Waals surface area (Å²) in [5, 5.41) is 14.9. The van der Waals surface area contributed by atoms with Gasteiger partial charge in [-0.1, -0.05) is 11.6 Å². The Labute approximate surface area is 80.5 Å². The number of fused-ring (bicyclic) bond motifs is 1. The van der Waals surface area contributed by atoms with Crippen LogP contribution in [0.5, 0.6) is 0 Å². The molecule has 3 nitrogen and oxygen atoms in total. The Morgan fingerprint density at radius 3 is 3.00 bits per heavy atom. The van der Waals surface area contributed by atoms with Crippen molar-refractivity contribution >= 4 is 22.5 Å². The van der Waals surface area contributed by atoms with Gasteiger partial charge in [0.05, 0.1) is 17.8 Å². The summed E-state index contributed by atoms with van der Waals surface area (Å²) in [5.74, 6) is 0. The lowest BCUT2D eigenvalue weighted by molar-refractivity contribution is 0.272. The molecule has 0 spiro atoms. The predicted molar refractivity (Wildman–Crippen MR) is 51.6 cm³/mol. The molecule has 0 fully saturated rings. The average molecular weight is 197 g/mol. The number of aliphatic hydroxyl groups is 1. The van der Waals surface area contributed by atoms with Crippen LogP contribution in [-0.2, 0) is 13.7 Å². The zero-order chi connectivity index (χ0) is 9.42. The van der Waals surface area contributed by atoms with E-state index < -0.39 is 0 Å². The standard InChI is InChI=1S/C9H9ClN2O/c1-12-9(5-13)7-3-2-6(10)4-8(7)11-12/h2-4,13H,5H2,1H3. The van der Waals surface area contributed by atoms with E-state index in [4.69, 9.17) is 16.7 Å². The minimum absolute atomic E-state index is 0.00533. The van der Waals surface area contributed by atoms with Gasteiger partial charge in [0.25, 0.3) is 0 Å². The van der Waals surface area contributed by atoms with E-state index in [1.54, 1.807) is 23.9 Å². The fourth-order valence-corrected chi connectivity index (χ4v) is 1.58. The van der Waals surface area contributed by atoms with Crippen LogP contribution in [0.15, 0.2) is 18.2 Å². The first-order valence-electron chi connectivity index (χ1n) is 3.94. The highest BCUT2D eigenvalue weighted by molar-refractivity contribution is 6.31. The molecular weight excluding hydrogens is 188 g/mol. The summed E-state index contributed by atoms with van der Waals surface area (Å²) in [6, 6.07) is 5.46. The molecule has 0 radical (unpaired) electrons. The Morgan fingerprint density at radius 1 is 1.54 bits per heavy atom. The minimum atomic E-state index is -0.00533. The van der Waals surface area contributed by atoms with Crippen LogP contribution in [0.2, 0.25) is 5.02 Å². The van der Waals surface area contributed by atoms with Crippen molar-refractivity contribution in [2.75, 3.05) is 0 Å². The number of hydrogen-bond acceptors (Lipinski definition) is 2. The van der Waals surface area contributed by atoms with Crippen molar-refractivity contribution in [3.63, 3.8) is 0 Å². The molecule has 1 heterocycles. The smallest absolute Gasteiger partial charge is 0.0941 e. The summed E-state index contributed by atoms with van der Waals surface area (Å²) in [5.41, 5.74) is 1.63. The maximum absolute atomic E-state index is 9.08. The predicted octanol–water partition coefficient (Wildman–Crippen LogP) is 1.72. The molecule has 0 atom stereocenters. The fraction of sp³-hybridized carbons (Fsp3) is 0.222. The lowest BCUT2D eigenvalue weighted by atomic mass is 10.2. The fourth-order valence-electron chi connectivity index (χ4n) is 1.42. The minimum Gasteiger partial charge on any atom is -0.390 e. The summed E-state index contributed by atoms with van der Waals surface area (Å²) >= 11 is 5.81. The van der Waals surface area contributed by atoms with E-state index in [2.05, 4.69) is 5.10 Å². The first-order chi connectivity index (χ1) is 6.22. The quantitative estimate of drug-likeness (QED) is 0.754. The van der Waals surface area contributed by atoms with Gasteiger partial charge in [0.1, 0.15) is 0 Å². The SMILES string of the molecule is Cn1nc2cc(Cl)ccc2c1CO. The second-order valence-electron chi connectivity index (χ2n) is 2.89. The molecule has 1 aromatic carbocycles. The first kappa shape index (κ1) is 8.53. The third-order valence-corrected chi connectivity index (χ3v) is 2.30. The van der Waals surface area contributed by atoms with Crippen molar-refractivity contribution in [1.82, 2.24) is 9.78 Å². The molecule has 1 N–H and O–H groups in total. The Balaban J connectivity index is 2.79. The molecule has 4 heteroatoms. The normalized spacial score (nSPS) is 11.0. The van der Waals surface area contributed by atoms with Crippen LogP contribution >= 0.6 is 11.6 Å². The zero-order valence-corrected chi connectivity index (χ0v) is 7.91.